The van der Waals surface area contributed by atoms with Gasteiger partial charge >= 0.3 is 0 Å². The molecule has 0 aromatic carbocycles. The molecule has 9 nitrogen and oxygen atoms in total. The van der Waals surface area contributed by atoms with Gasteiger partial charge in [0.25, 0.3) is 16.1 Å². The first kappa shape index (κ1) is 19.2. The van der Waals surface area contributed by atoms with Gasteiger partial charge < -0.3 is 14.7 Å². The zero-order valence-electron chi connectivity index (χ0n) is 17.2. The van der Waals surface area contributed by atoms with Crippen molar-refractivity contribution in [2.24, 2.45) is 0 Å². The number of nitrogens with zero attached hydrogens (tertiary/aromatic N) is 4. The fourth-order valence-corrected chi connectivity index (χ4v) is 8.35. The van der Waals surface area contributed by atoms with E-state index in [1.807, 2.05) is 0 Å². The molecule has 4 aliphatic heterocycles. The Morgan fingerprint density at radius 2 is 1.80 bits per heavy atom. The molecule has 164 valence electrons. The minimum atomic E-state index is -3.46. The normalized spacial score (nSPS) is 37.2. The summed E-state index contributed by atoms with van der Waals surface area (Å²) < 4.78 is 35.8. The molecule has 6 rings (SSSR count). The zero-order valence-corrected chi connectivity index (χ0v) is 18.1. The Balaban J connectivity index is 1.13. The summed E-state index contributed by atoms with van der Waals surface area (Å²) in [6.45, 7) is 1.43. The maximum atomic E-state index is 13.5. The first-order valence-corrected chi connectivity index (χ1v) is 12.6. The summed E-state index contributed by atoms with van der Waals surface area (Å²) >= 11 is 0. The summed E-state index contributed by atoms with van der Waals surface area (Å²) in [7, 11) is -1.38. The molecule has 5 atom stereocenters. The van der Waals surface area contributed by atoms with E-state index in [1.54, 1.807) is 14.7 Å². The molecule has 1 aromatic rings. The van der Waals surface area contributed by atoms with Gasteiger partial charge in [0.1, 0.15) is 5.76 Å². The van der Waals surface area contributed by atoms with Gasteiger partial charge in [0.2, 0.25) is 0 Å². The lowest BCUT2D eigenvalue weighted by Crippen LogP contribution is -2.58. The molecule has 1 aliphatic carbocycles. The zero-order chi connectivity index (χ0) is 20.6. The number of rotatable bonds is 5. The molecule has 0 spiro atoms. The van der Waals surface area contributed by atoms with Crippen molar-refractivity contribution in [1.82, 2.24) is 24.0 Å². The number of fused-ring (bicyclic) bond motifs is 4. The molecule has 1 aromatic heterocycles. The van der Waals surface area contributed by atoms with Gasteiger partial charge in [0.15, 0.2) is 5.69 Å². The number of carbonyl (C=O) groups is 1. The average molecular weight is 436 g/mol. The van der Waals surface area contributed by atoms with Crippen LogP contribution in [0.5, 0.6) is 0 Å². The summed E-state index contributed by atoms with van der Waals surface area (Å²) in [5, 5.41) is 7.01. The Morgan fingerprint density at radius 3 is 2.40 bits per heavy atom. The number of aromatic nitrogens is 1. The number of likely N-dealkylation sites (N-methyl/N-ethyl adjacent to an activating group) is 1. The number of carbonyl (C=O) groups excluding carboxylic acids is 1. The second kappa shape index (κ2) is 6.75. The van der Waals surface area contributed by atoms with Crippen LogP contribution in [0.2, 0.25) is 0 Å². The molecule has 2 unspecified atom stereocenters. The largest absolute Gasteiger partial charge is 0.360 e. The Kier molecular flexibility index (Phi) is 4.32. The van der Waals surface area contributed by atoms with Gasteiger partial charge in [-0.15, -0.1) is 0 Å². The Labute approximate surface area is 176 Å². The lowest BCUT2D eigenvalue weighted by Gasteiger charge is -2.42. The number of piperazine rings is 1. The fourth-order valence-electron chi connectivity index (χ4n) is 6.08. The molecule has 4 bridgehead atoms. The number of nitrogens with one attached hydrogen (secondary N) is 1. The van der Waals surface area contributed by atoms with Crippen molar-refractivity contribution in [3.63, 3.8) is 0 Å². The number of likely N-dealkylation sites (tertiary alicyclic amines) is 1. The van der Waals surface area contributed by atoms with Gasteiger partial charge in [0.05, 0.1) is 0 Å². The fraction of sp³-hybridized carbons (Fsp3) is 0.800. The van der Waals surface area contributed by atoms with Crippen molar-refractivity contribution in [3.8, 4) is 0 Å². The highest BCUT2D eigenvalue weighted by Crippen LogP contribution is 2.42. The van der Waals surface area contributed by atoms with Crippen molar-refractivity contribution >= 4 is 16.1 Å². The Bertz CT molecular complexity index is 944. The van der Waals surface area contributed by atoms with Crippen LogP contribution in [0.15, 0.2) is 10.6 Å². The van der Waals surface area contributed by atoms with E-state index in [0.29, 0.717) is 37.0 Å². The molecular weight excluding hydrogens is 406 g/mol. The van der Waals surface area contributed by atoms with Crippen molar-refractivity contribution in [1.29, 1.82) is 0 Å². The highest BCUT2D eigenvalue weighted by Gasteiger charge is 2.54. The third-order valence-electron chi connectivity index (χ3n) is 7.77. The Hall–Kier alpha value is -1.49. The van der Waals surface area contributed by atoms with Gasteiger partial charge in [-0.05, 0) is 52.0 Å². The van der Waals surface area contributed by atoms with Crippen LogP contribution in [-0.2, 0) is 10.2 Å². The predicted molar refractivity (Wildman–Crippen MR) is 108 cm³/mol. The van der Waals surface area contributed by atoms with Gasteiger partial charge in [-0.3, -0.25) is 4.79 Å². The number of piperidine rings is 1. The molecule has 4 saturated heterocycles. The van der Waals surface area contributed by atoms with E-state index in [4.69, 9.17) is 4.52 Å². The molecule has 1 saturated carbocycles. The highest BCUT2D eigenvalue weighted by molar-refractivity contribution is 7.86. The average Bonchev–Trinajstić information content (AvgIpc) is 3.04. The molecule has 1 amide bonds. The standard InChI is InChI=1S/C20H29N5O4S/c1-23-10-17-8-16(23)11-24(17)30(27,28)25-14-4-5-15(25)7-13(6-14)21-20(26)18-9-19(29-22-18)12-2-3-12/h9,12-17H,2-8,10-11H2,1H3,(H,21,26)/t13-,14+,15-,16?,17?. The maximum absolute atomic E-state index is 13.5. The van der Waals surface area contributed by atoms with Gasteiger partial charge in [-0.1, -0.05) is 5.16 Å². The molecule has 10 heteroatoms. The summed E-state index contributed by atoms with van der Waals surface area (Å²) in [5.74, 6) is 1.00. The van der Waals surface area contributed by atoms with Crippen LogP contribution in [0.3, 0.4) is 0 Å². The van der Waals surface area contributed by atoms with E-state index in [1.165, 1.54) is 0 Å². The third kappa shape index (κ3) is 3.03. The molecule has 5 heterocycles. The second-order valence-electron chi connectivity index (χ2n) is 9.81. The van der Waals surface area contributed by atoms with E-state index in [9.17, 15) is 13.2 Å². The third-order valence-corrected chi connectivity index (χ3v) is 9.94. The first-order chi connectivity index (χ1) is 14.4. The number of hydrogen-bond acceptors (Lipinski definition) is 6. The van der Waals surface area contributed by atoms with Gasteiger partial charge in [-0.25, -0.2) is 0 Å². The molecular formula is C20H29N5O4S. The summed E-state index contributed by atoms with van der Waals surface area (Å²) in [6, 6.07) is 2.12. The number of amides is 1. The molecule has 5 fully saturated rings. The van der Waals surface area contributed by atoms with Crippen LogP contribution in [0, 0.1) is 0 Å². The van der Waals surface area contributed by atoms with Gasteiger partial charge in [-0.2, -0.15) is 17.0 Å². The van der Waals surface area contributed by atoms with Crippen LogP contribution in [-0.4, -0.2) is 83.3 Å². The van der Waals surface area contributed by atoms with Crippen molar-refractivity contribution in [2.75, 3.05) is 20.1 Å². The van der Waals surface area contributed by atoms with Crippen molar-refractivity contribution in [3.05, 3.63) is 17.5 Å². The molecule has 30 heavy (non-hydrogen) atoms. The van der Waals surface area contributed by atoms with Crippen molar-refractivity contribution < 1.29 is 17.7 Å². The minimum Gasteiger partial charge on any atom is -0.360 e. The van der Waals surface area contributed by atoms with Crippen LogP contribution in [0.4, 0.5) is 0 Å². The Morgan fingerprint density at radius 1 is 1.07 bits per heavy atom. The lowest BCUT2D eigenvalue weighted by molar-refractivity contribution is 0.0896. The van der Waals surface area contributed by atoms with Crippen LogP contribution in [0.1, 0.15) is 67.1 Å². The van der Waals surface area contributed by atoms with E-state index < -0.39 is 10.2 Å². The van der Waals surface area contributed by atoms with Crippen LogP contribution >= 0.6 is 0 Å². The summed E-state index contributed by atoms with van der Waals surface area (Å²) in [5.41, 5.74) is 0.330. The SMILES string of the molecule is CN1CC2CC1CN2S(=O)(=O)N1[C@@H]2CC[C@H]1C[C@@H](NC(=O)c1cc(C3CC3)on1)C2. The van der Waals surface area contributed by atoms with E-state index >= 15 is 0 Å². The van der Waals surface area contributed by atoms with E-state index in [2.05, 4.69) is 22.4 Å². The monoisotopic (exact) mass is 435 g/mol. The molecule has 0 radical (unpaired) electrons. The highest BCUT2D eigenvalue weighted by atomic mass is 32.2. The summed E-state index contributed by atoms with van der Waals surface area (Å²) in [6.07, 6.45) is 6.20. The maximum Gasteiger partial charge on any atom is 0.282 e. The van der Waals surface area contributed by atoms with E-state index in [-0.39, 0.29) is 30.1 Å². The predicted octanol–water partition coefficient (Wildman–Crippen LogP) is 0.910. The lowest BCUT2D eigenvalue weighted by atomic mass is 9.99. The smallest absolute Gasteiger partial charge is 0.282 e. The summed E-state index contributed by atoms with van der Waals surface area (Å²) in [4.78, 5) is 14.9. The topological polar surface area (TPSA) is 99.0 Å². The quantitative estimate of drug-likeness (QED) is 0.738. The van der Waals surface area contributed by atoms with Crippen LogP contribution in [0.25, 0.3) is 0 Å². The first-order valence-electron chi connectivity index (χ1n) is 11.2. The molecule has 5 aliphatic rings. The minimum absolute atomic E-state index is 0.0244. The second-order valence-corrected chi connectivity index (χ2v) is 11.6. The molecule has 1 N–H and O–H groups in total. The van der Waals surface area contributed by atoms with Crippen LogP contribution < -0.4 is 5.32 Å². The van der Waals surface area contributed by atoms with Crippen molar-refractivity contribution in [2.45, 2.75) is 81.1 Å². The number of hydrogen-bond donors (Lipinski definition) is 1. The van der Waals surface area contributed by atoms with Gasteiger partial charge in [0, 0.05) is 55.3 Å². The van der Waals surface area contributed by atoms with E-state index in [0.717, 1.165) is 44.4 Å².